The number of carbonyl (C=O) groups excluding carboxylic acids is 4. The fourth-order valence-corrected chi connectivity index (χ4v) is 6.48. The summed E-state index contributed by atoms with van der Waals surface area (Å²) in [5, 5.41) is 5.95. The molecule has 0 spiro atoms. The van der Waals surface area contributed by atoms with Crippen molar-refractivity contribution < 1.29 is 28.7 Å². The molecule has 228 valence electrons. The first-order valence-corrected chi connectivity index (χ1v) is 15.1. The van der Waals surface area contributed by atoms with Gasteiger partial charge in [-0.05, 0) is 54.2 Å². The lowest BCUT2D eigenvalue weighted by Gasteiger charge is -2.28. The minimum absolute atomic E-state index is 0.130. The molecular weight excluding hydrogens is 546 g/mol. The van der Waals surface area contributed by atoms with Crippen molar-refractivity contribution in [1.82, 2.24) is 10.6 Å². The van der Waals surface area contributed by atoms with E-state index >= 15 is 0 Å². The van der Waals surface area contributed by atoms with Crippen LogP contribution < -0.4 is 21.1 Å². The van der Waals surface area contributed by atoms with E-state index in [0.29, 0.717) is 30.3 Å². The Morgan fingerprint density at radius 1 is 1.00 bits per heavy atom. The number of Topliss-reactive ketones (excluding diaryl/α,β-unsaturated/α-hetero) is 1. The van der Waals surface area contributed by atoms with Gasteiger partial charge in [-0.15, -0.1) is 0 Å². The first kappa shape index (κ1) is 30.5. The van der Waals surface area contributed by atoms with Crippen LogP contribution in [0.4, 0.5) is 0 Å². The normalized spacial score (nSPS) is 23.0. The Bertz CT molecular complexity index is 1410. The van der Waals surface area contributed by atoms with E-state index < -0.39 is 47.2 Å². The van der Waals surface area contributed by atoms with Gasteiger partial charge < -0.3 is 25.8 Å². The third-order valence-electron chi connectivity index (χ3n) is 9.18. The van der Waals surface area contributed by atoms with Gasteiger partial charge >= 0.3 is 0 Å². The second kappa shape index (κ2) is 12.7. The molecule has 9 heteroatoms. The zero-order valence-electron chi connectivity index (χ0n) is 25.1. The van der Waals surface area contributed by atoms with Gasteiger partial charge in [0.25, 0.3) is 0 Å². The van der Waals surface area contributed by atoms with Gasteiger partial charge in [-0.2, -0.15) is 0 Å². The second-order valence-electron chi connectivity index (χ2n) is 12.3. The van der Waals surface area contributed by atoms with Crippen molar-refractivity contribution in [2.45, 2.75) is 76.0 Å². The summed E-state index contributed by atoms with van der Waals surface area (Å²) < 4.78 is 10.7. The molecule has 2 aliphatic carbocycles. The standard InChI is InChI=1S/C34H41N3O6/c1-20(29-25-11-7-6-10-23(25)18-26(29)31(35)39)32(40)37-28(17-22-12-14-24(42-3)15-13-22)33(41)36-27(16-21-8-4-5-9-21)30(38)34(2)19-43-34/h6-7,10-15,18,20-21,27-29H,4-5,8-9,16-17,19H2,1-3H3,(H2,35,39)(H,36,41)(H,37,40)/t20-,27+,28+,29?,34-/m1/s1. The van der Waals surface area contributed by atoms with Crippen molar-refractivity contribution in [3.63, 3.8) is 0 Å². The molecule has 1 saturated heterocycles. The van der Waals surface area contributed by atoms with Gasteiger partial charge in [0.2, 0.25) is 17.7 Å². The van der Waals surface area contributed by atoms with E-state index in [1.54, 1.807) is 39.2 Å². The number of nitrogens with one attached hydrogen (secondary N) is 2. The number of fused-ring (bicyclic) bond motifs is 1. The summed E-state index contributed by atoms with van der Waals surface area (Å²) in [6.07, 6.45) is 6.77. The number of ether oxygens (including phenoxy) is 2. The summed E-state index contributed by atoms with van der Waals surface area (Å²) in [5.74, 6) is -1.74. The van der Waals surface area contributed by atoms with Crippen molar-refractivity contribution in [3.8, 4) is 5.75 Å². The molecule has 5 rings (SSSR count). The van der Waals surface area contributed by atoms with Crippen molar-refractivity contribution >= 4 is 29.6 Å². The number of hydrogen-bond donors (Lipinski definition) is 3. The first-order valence-electron chi connectivity index (χ1n) is 15.1. The van der Waals surface area contributed by atoms with Gasteiger partial charge in [0.05, 0.1) is 19.8 Å². The molecule has 0 bridgehead atoms. The van der Waals surface area contributed by atoms with Crippen LogP contribution in [-0.4, -0.2) is 54.9 Å². The fraction of sp³-hybridized carbons (Fsp3) is 0.471. The first-order chi connectivity index (χ1) is 20.6. The number of amides is 3. The van der Waals surface area contributed by atoms with Crippen LogP contribution in [0, 0.1) is 11.8 Å². The highest BCUT2D eigenvalue weighted by atomic mass is 16.6. The average Bonchev–Trinajstić information content (AvgIpc) is 3.37. The summed E-state index contributed by atoms with van der Waals surface area (Å²) >= 11 is 0. The van der Waals surface area contributed by atoms with Crippen LogP contribution in [0.25, 0.3) is 6.08 Å². The predicted octanol–water partition coefficient (Wildman–Crippen LogP) is 3.45. The highest BCUT2D eigenvalue weighted by molar-refractivity contribution is 6.02. The number of primary amides is 1. The number of rotatable bonds is 13. The Labute approximate surface area is 252 Å². The quantitative estimate of drug-likeness (QED) is 0.307. The minimum Gasteiger partial charge on any atom is -0.497 e. The summed E-state index contributed by atoms with van der Waals surface area (Å²) in [6.45, 7) is 3.83. The third kappa shape index (κ3) is 6.82. The molecule has 4 N–H and O–H groups in total. The topological polar surface area (TPSA) is 140 Å². The van der Waals surface area contributed by atoms with Gasteiger partial charge in [-0.25, -0.2) is 0 Å². The molecule has 2 fully saturated rings. The molecule has 0 aromatic heterocycles. The molecule has 2 aromatic carbocycles. The van der Waals surface area contributed by atoms with E-state index in [-0.39, 0.29) is 12.2 Å². The number of ketones is 1. The van der Waals surface area contributed by atoms with E-state index in [2.05, 4.69) is 10.6 Å². The highest BCUT2D eigenvalue weighted by Crippen LogP contribution is 2.41. The molecule has 0 radical (unpaired) electrons. The van der Waals surface area contributed by atoms with Crippen LogP contribution >= 0.6 is 0 Å². The van der Waals surface area contributed by atoms with Crippen LogP contribution in [0.5, 0.6) is 5.75 Å². The Hall–Kier alpha value is -3.98. The molecule has 9 nitrogen and oxygen atoms in total. The van der Waals surface area contributed by atoms with E-state index in [1.807, 2.05) is 36.4 Å². The van der Waals surface area contributed by atoms with Gasteiger partial charge in [-0.3, -0.25) is 19.2 Å². The molecule has 1 saturated carbocycles. The molecule has 43 heavy (non-hydrogen) atoms. The number of carbonyl (C=O) groups is 4. The smallest absolute Gasteiger partial charge is 0.245 e. The highest BCUT2D eigenvalue weighted by Gasteiger charge is 2.50. The maximum Gasteiger partial charge on any atom is 0.245 e. The molecule has 1 heterocycles. The number of nitrogens with two attached hydrogens (primary N) is 1. The van der Waals surface area contributed by atoms with Crippen LogP contribution in [-0.2, 0) is 30.3 Å². The SMILES string of the molecule is COc1ccc(C[C@H](NC(=O)[C@H](C)C2C(C(N)=O)=Cc3ccccc32)C(=O)N[C@@H](CC2CCCC2)C(=O)[C@@]2(C)CO2)cc1. The third-order valence-corrected chi connectivity index (χ3v) is 9.18. The average molecular weight is 588 g/mol. The second-order valence-corrected chi connectivity index (χ2v) is 12.3. The lowest BCUT2D eigenvalue weighted by Crippen LogP contribution is -2.55. The zero-order chi connectivity index (χ0) is 30.7. The van der Waals surface area contributed by atoms with Crippen molar-refractivity contribution in [1.29, 1.82) is 0 Å². The molecule has 3 amide bonds. The Balaban J connectivity index is 1.38. The van der Waals surface area contributed by atoms with Crippen LogP contribution in [0.15, 0.2) is 54.1 Å². The van der Waals surface area contributed by atoms with Crippen LogP contribution in [0.1, 0.15) is 68.6 Å². The maximum atomic E-state index is 13.9. The number of epoxide rings is 1. The van der Waals surface area contributed by atoms with E-state index in [4.69, 9.17) is 15.2 Å². The van der Waals surface area contributed by atoms with E-state index in [0.717, 1.165) is 42.4 Å². The monoisotopic (exact) mass is 587 g/mol. The summed E-state index contributed by atoms with van der Waals surface area (Å²) in [5.41, 5.74) is 7.70. The fourth-order valence-electron chi connectivity index (χ4n) is 6.48. The van der Waals surface area contributed by atoms with E-state index in [9.17, 15) is 19.2 Å². The lowest BCUT2D eigenvalue weighted by molar-refractivity contribution is -0.134. The molecule has 1 aliphatic heterocycles. The van der Waals surface area contributed by atoms with Gasteiger partial charge in [0, 0.05) is 23.8 Å². The summed E-state index contributed by atoms with van der Waals surface area (Å²) in [7, 11) is 1.58. The number of hydrogen-bond acceptors (Lipinski definition) is 6. The Morgan fingerprint density at radius 2 is 1.65 bits per heavy atom. The van der Waals surface area contributed by atoms with Crippen molar-refractivity contribution in [2.24, 2.45) is 17.6 Å². The number of methoxy groups -OCH3 is 1. The maximum absolute atomic E-state index is 13.9. The zero-order valence-corrected chi connectivity index (χ0v) is 25.1. The predicted molar refractivity (Wildman–Crippen MR) is 162 cm³/mol. The van der Waals surface area contributed by atoms with Gasteiger partial charge in [0.1, 0.15) is 17.4 Å². The van der Waals surface area contributed by atoms with E-state index in [1.165, 1.54) is 0 Å². The van der Waals surface area contributed by atoms with Crippen molar-refractivity contribution in [2.75, 3.05) is 13.7 Å². The summed E-state index contributed by atoms with van der Waals surface area (Å²) in [6, 6.07) is 13.1. The minimum atomic E-state index is -0.965. The lowest BCUT2D eigenvalue weighted by atomic mass is 9.83. The molecular formula is C34H41N3O6. The largest absolute Gasteiger partial charge is 0.497 e. The number of benzene rings is 2. The Morgan fingerprint density at radius 3 is 2.28 bits per heavy atom. The van der Waals surface area contributed by atoms with Gasteiger partial charge in [-0.1, -0.05) is 69.0 Å². The van der Waals surface area contributed by atoms with Crippen LogP contribution in [0.3, 0.4) is 0 Å². The molecule has 5 atom stereocenters. The van der Waals surface area contributed by atoms with Crippen molar-refractivity contribution in [3.05, 3.63) is 70.8 Å². The van der Waals surface area contributed by atoms with Gasteiger partial charge in [0.15, 0.2) is 5.78 Å². The molecule has 2 aromatic rings. The summed E-state index contributed by atoms with van der Waals surface area (Å²) in [4.78, 5) is 53.5. The van der Waals surface area contributed by atoms with Crippen LogP contribution in [0.2, 0.25) is 0 Å². The Kier molecular flexibility index (Phi) is 9.01. The molecule has 3 aliphatic rings. The molecule has 1 unspecified atom stereocenters.